The number of carbonyl (C=O) groups is 1. The lowest BCUT2D eigenvalue weighted by Crippen LogP contribution is -2.42. The van der Waals surface area contributed by atoms with E-state index in [1.165, 1.54) is 0 Å². The van der Waals surface area contributed by atoms with Gasteiger partial charge in [-0.3, -0.25) is 4.79 Å². The number of hydrogen-bond acceptors (Lipinski definition) is 3. The lowest BCUT2D eigenvalue weighted by atomic mass is 10.0. The molecule has 3 unspecified atom stereocenters. The average Bonchev–Trinajstić information content (AvgIpc) is 2.51. The van der Waals surface area contributed by atoms with Crippen LogP contribution in [0, 0.1) is 5.92 Å². The molecule has 0 aromatic heterocycles. The van der Waals surface area contributed by atoms with Gasteiger partial charge in [0.15, 0.2) is 0 Å². The summed E-state index contributed by atoms with van der Waals surface area (Å²) in [6.07, 6.45) is 1.44. The lowest BCUT2D eigenvalue weighted by molar-refractivity contribution is -0.122. The van der Waals surface area contributed by atoms with Crippen molar-refractivity contribution in [2.75, 3.05) is 6.61 Å². The van der Waals surface area contributed by atoms with Gasteiger partial charge in [-0.15, -0.1) is 0 Å². The van der Waals surface area contributed by atoms with Gasteiger partial charge >= 0.3 is 0 Å². The minimum atomic E-state index is -0.0531. The minimum Gasteiger partial charge on any atom is -0.376 e. The Labute approximate surface area is 91.5 Å². The molecule has 0 radical (unpaired) electrons. The molecule has 0 aromatic rings. The van der Waals surface area contributed by atoms with Crippen LogP contribution < -0.4 is 11.1 Å². The summed E-state index contributed by atoms with van der Waals surface area (Å²) in [5.74, 6) is 0.381. The first-order chi connectivity index (χ1) is 7.00. The van der Waals surface area contributed by atoms with Gasteiger partial charge in [-0.05, 0) is 19.3 Å². The fraction of sp³-hybridized carbons (Fsp3) is 0.909. The highest BCUT2D eigenvalue weighted by atomic mass is 16.5. The molecule has 0 saturated carbocycles. The Morgan fingerprint density at radius 1 is 1.60 bits per heavy atom. The number of hydrogen-bond donors (Lipinski definition) is 2. The van der Waals surface area contributed by atoms with Crippen molar-refractivity contribution >= 4 is 5.91 Å². The standard InChI is InChI=1S/C11H22N2O2/c1-7(2)9(12)6-11(14)13-10-4-5-15-8(10)3/h7-10H,4-6,12H2,1-3H3,(H,13,14). The van der Waals surface area contributed by atoms with Crippen LogP contribution in [0.4, 0.5) is 0 Å². The van der Waals surface area contributed by atoms with E-state index in [0.29, 0.717) is 12.3 Å². The topological polar surface area (TPSA) is 64.4 Å². The molecule has 1 fully saturated rings. The molecule has 0 bridgehead atoms. The number of carbonyl (C=O) groups excluding carboxylic acids is 1. The molecule has 4 nitrogen and oxygen atoms in total. The molecule has 0 spiro atoms. The van der Waals surface area contributed by atoms with Crippen LogP contribution in [0.15, 0.2) is 0 Å². The molecule has 1 aliphatic rings. The highest BCUT2D eigenvalue weighted by Crippen LogP contribution is 2.13. The Kier molecular flexibility index (Phi) is 4.54. The van der Waals surface area contributed by atoms with Gasteiger partial charge in [-0.2, -0.15) is 0 Å². The molecule has 3 N–H and O–H groups in total. The van der Waals surface area contributed by atoms with Crippen LogP contribution in [0.5, 0.6) is 0 Å². The van der Waals surface area contributed by atoms with Crippen LogP contribution in [-0.2, 0) is 9.53 Å². The zero-order valence-electron chi connectivity index (χ0n) is 9.82. The summed E-state index contributed by atoms with van der Waals surface area (Å²) in [6, 6.07) is 0.111. The fourth-order valence-electron chi connectivity index (χ4n) is 1.64. The second kappa shape index (κ2) is 5.47. The number of amides is 1. The molecule has 1 heterocycles. The van der Waals surface area contributed by atoms with Crippen LogP contribution >= 0.6 is 0 Å². The first-order valence-corrected chi connectivity index (χ1v) is 5.67. The number of nitrogens with one attached hydrogen (secondary N) is 1. The first kappa shape index (κ1) is 12.5. The third kappa shape index (κ3) is 3.80. The zero-order valence-corrected chi connectivity index (χ0v) is 9.82. The van der Waals surface area contributed by atoms with Crippen molar-refractivity contribution in [1.29, 1.82) is 0 Å². The Balaban J connectivity index is 2.29. The lowest BCUT2D eigenvalue weighted by Gasteiger charge is -2.19. The van der Waals surface area contributed by atoms with Gasteiger partial charge in [0.2, 0.25) is 5.91 Å². The summed E-state index contributed by atoms with van der Waals surface area (Å²) in [5, 5.41) is 2.97. The van der Waals surface area contributed by atoms with E-state index in [2.05, 4.69) is 5.32 Å². The third-order valence-corrected chi connectivity index (χ3v) is 3.00. The van der Waals surface area contributed by atoms with E-state index in [9.17, 15) is 4.79 Å². The van der Waals surface area contributed by atoms with Gasteiger partial charge < -0.3 is 15.8 Å². The van der Waals surface area contributed by atoms with Gasteiger partial charge in [0.1, 0.15) is 0 Å². The van der Waals surface area contributed by atoms with Gasteiger partial charge in [0.25, 0.3) is 0 Å². The number of nitrogens with two attached hydrogens (primary N) is 1. The molecule has 1 rings (SSSR count). The Hall–Kier alpha value is -0.610. The quantitative estimate of drug-likeness (QED) is 0.722. The molecule has 0 aliphatic carbocycles. The van der Waals surface area contributed by atoms with E-state index in [1.54, 1.807) is 0 Å². The van der Waals surface area contributed by atoms with Crippen molar-refractivity contribution in [2.24, 2.45) is 11.7 Å². The Bertz CT molecular complexity index is 219. The minimum absolute atomic E-state index is 0.0403. The molecule has 1 aliphatic heterocycles. The average molecular weight is 214 g/mol. The van der Waals surface area contributed by atoms with Gasteiger partial charge in [-0.1, -0.05) is 13.8 Å². The van der Waals surface area contributed by atoms with Crippen molar-refractivity contribution in [1.82, 2.24) is 5.32 Å². The van der Waals surface area contributed by atoms with Gasteiger partial charge in [-0.25, -0.2) is 0 Å². The maximum Gasteiger partial charge on any atom is 0.221 e. The van der Waals surface area contributed by atoms with E-state index >= 15 is 0 Å². The molecule has 1 saturated heterocycles. The van der Waals surface area contributed by atoms with E-state index in [1.807, 2.05) is 20.8 Å². The number of ether oxygens (including phenoxy) is 1. The SMILES string of the molecule is CC(C)C(N)CC(=O)NC1CCOC1C. The summed E-state index contributed by atoms with van der Waals surface area (Å²) in [7, 11) is 0. The van der Waals surface area contributed by atoms with E-state index in [-0.39, 0.29) is 24.1 Å². The van der Waals surface area contributed by atoms with Crippen molar-refractivity contribution in [2.45, 2.75) is 51.8 Å². The molecular weight excluding hydrogens is 192 g/mol. The smallest absolute Gasteiger partial charge is 0.221 e. The van der Waals surface area contributed by atoms with Crippen molar-refractivity contribution in [3.05, 3.63) is 0 Å². The maximum atomic E-state index is 11.6. The maximum absolute atomic E-state index is 11.6. The van der Waals surface area contributed by atoms with Crippen LogP contribution in [0.2, 0.25) is 0 Å². The summed E-state index contributed by atoms with van der Waals surface area (Å²) in [6.45, 7) is 6.78. The predicted molar refractivity (Wildman–Crippen MR) is 59.4 cm³/mol. The van der Waals surface area contributed by atoms with Crippen LogP contribution in [0.3, 0.4) is 0 Å². The summed E-state index contributed by atoms with van der Waals surface area (Å²) in [4.78, 5) is 11.6. The summed E-state index contributed by atoms with van der Waals surface area (Å²) < 4.78 is 5.37. The van der Waals surface area contributed by atoms with E-state index in [0.717, 1.165) is 13.0 Å². The van der Waals surface area contributed by atoms with Crippen LogP contribution in [0.1, 0.15) is 33.6 Å². The molecule has 15 heavy (non-hydrogen) atoms. The molecule has 1 amide bonds. The second-order valence-electron chi connectivity index (χ2n) is 4.65. The molecule has 88 valence electrons. The highest BCUT2D eigenvalue weighted by molar-refractivity contribution is 5.77. The van der Waals surface area contributed by atoms with Gasteiger partial charge in [0.05, 0.1) is 12.1 Å². The molecule has 0 aromatic carbocycles. The van der Waals surface area contributed by atoms with Crippen molar-refractivity contribution < 1.29 is 9.53 Å². The normalized spacial score (nSPS) is 28.1. The first-order valence-electron chi connectivity index (χ1n) is 5.67. The van der Waals surface area contributed by atoms with Crippen LogP contribution in [0.25, 0.3) is 0 Å². The third-order valence-electron chi connectivity index (χ3n) is 3.00. The second-order valence-corrected chi connectivity index (χ2v) is 4.65. The molecular formula is C11H22N2O2. The molecule has 4 heteroatoms. The Morgan fingerprint density at radius 3 is 2.73 bits per heavy atom. The predicted octanol–water partition coefficient (Wildman–Crippen LogP) is 0.653. The highest BCUT2D eigenvalue weighted by Gasteiger charge is 2.26. The fourth-order valence-corrected chi connectivity index (χ4v) is 1.64. The zero-order chi connectivity index (χ0) is 11.4. The largest absolute Gasteiger partial charge is 0.376 e. The molecule has 3 atom stereocenters. The van der Waals surface area contributed by atoms with Gasteiger partial charge in [0, 0.05) is 19.1 Å². The summed E-state index contributed by atoms with van der Waals surface area (Å²) >= 11 is 0. The number of rotatable bonds is 4. The monoisotopic (exact) mass is 214 g/mol. The van der Waals surface area contributed by atoms with Crippen LogP contribution in [-0.4, -0.2) is 30.7 Å². The van der Waals surface area contributed by atoms with E-state index in [4.69, 9.17) is 10.5 Å². The Morgan fingerprint density at radius 2 is 2.27 bits per heavy atom. The van der Waals surface area contributed by atoms with Crippen molar-refractivity contribution in [3.8, 4) is 0 Å². The summed E-state index contributed by atoms with van der Waals surface area (Å²) in [5.41, 5.74) is 5.83. The van der Waals surface area contributed by atoms with Crippen molar-refractivity contribution in [3.63, 3.8) is 0 Å². The van der Waals surface area contributed by atoms with E-state index < -0.39 is 0 Å².